The Kier molecular flexibility index (Phi) is 10.1. The van der Waals surface area contributed by atoms with Crippen LogP contribution in [0.15, 0.2) is 43.0 Å². The predicted molar refractivity (Wildman–Crippen MR) is 142 cm³/mol. The van der Waals surface area contributed by atoms with E-state index in [4.69, 9.17) is 10.8 Å². The molecule has 1 aromatic carbocycles. The van der Waals surface area contributed by atoms with Crippen LogP contribution in [-0.2, 0) is 36.8 Å². The predicted octanol–water partition coefficient (Wildman–Crippen LogP) is -1.05. The number of thiol groups is 1. The highest BCUT2D eigenvalue weighted by Crippen LogP contribution is 2.19. The van der Waals surface area contributed by atoms with Crippen LogP contribution >= 0.6 is 12.6 Å². The Morgan fingerprint density at radius 2 is 1.56 bits per heavy atom. The Morgan fingerprint density at radius 1 is 0.923 bits per heavy atom. The average Bonchev–Trinajstić information content (AvgIpc) is 3.56. The van der Waals surface area contributed by atoms with Crippen LogP contribution in [0.5, 0.6) is 0 Å². The maximum atomic E-state index is 13.5. The van der Waals surface area contributed by atoms with Gasteiger partial charge in [-0.05, 0) is 11.6 Å². The molecule has 4 unspecified atom stereocenters. The minimum atomic E-state index is -1.73. The second-order valence-corrected chi connectivity index (χ2v) is 9.12. The summed E-state index contributed by atoms with van der Waals surface area (Å²) < 4.78 is 0. The van der Waals surface area contributed by atoms with Gasteiger partial charge in [-0.15, -0.1) is 0 Å². The van der Waals surface area contributed by atoms with Gasteiger partial charge in [0.1, 0.15) is 18.1 Å². The molecular formula is C24H29N7O7S. The molecule has 0 aliphatic rings. The molecular weight excluding hydrogens is 530 g/mol. The first-order chi connectivity index (χ1) is 18.6. The maximum Gasteiger partial charge on any atom is 0.326 e. The summed E-state index contributed by atoms with van der Waals surface area (Å²) in [5.74, 6) is -5.27. The van der Waals surface area contributed by atoms with Crippen molar-refractivity contribution in [2.75, 3.05) is 5.75 Å². The summed E-state index contributed by atoms with van der Waals surface area (Å²) in [6, 6.07) is 2.13. The molecule has 208 valence electrons. The highest BCUT2D eigenvalue weighted by Gasteiger charge is 2.32. The fraction of sp³-hybridized carbons (Fsp3) is 0.333. The topological polar surface area (TPSA) is 232 Å². The van der Waals surface area contributed by atoms with Crippen LogP contribution in [-0.4, -0.2) is 84.7 Å². The third-order valence-corrected chi connectivity index (χ3v) is 6.26. The molecule has 0 radical (unpaired) electrons. The lowest BCUT2D eigenvalue weighted by atomic mass is 10.0. The third-order valence-electron chi connectivity index (χ3n) is 5.87. The second-order valence-electron chi connectivity index (χ2n) is 8.75. The number of nitrogens with two attached hydrogens (primary N) is 1. The number of amides is 3. The number of benzene rings is 1. The molecule has 3 aromatic rings. The Bertz CT molecular complexity index is 1330. The number of H-pyrrole nitrogens is 2. The number of nitrogens with zero attached hydrogens (tertiary/aromatic N) is 1. The van der Waals surface area contributed by atoms with Crippen LogP contribution < -0.4 is 21.7 Å². The van der Waals surface area contributed by atoms with Gasteiger partial charge in [0.05, 0.1) is 18.8 Å². The number of hydrogen-bond acceptors (Lipinski definition) is 8. The van der Waals surface area contributed by atoms with Crippen LogP contribution in [0, 0.1) is 0 Å². The molecule has 4 atom stereocenters. The molecule has 9 N–H and O–H groups in total. The number of fused-ring (bicyclic) bond motifs is 1. The van der Waals surface area contributed by atoms with Crippen molar-refractivity contribution in [3.8, 4) is 0 Å². The molecule has 0 aliphatic heterocycles. The maximum absolute atomic E-state index is 13.5. The van der Waals surface area contributed by atoms with Crippen molar-refractivity contribution >= 4 is 53.2 Å². The summed E-state index contributed by atoms with van der Waals surface area (Å²) in [7, 11) is 0. The number of carbonyl (C=O) groups is 5. The van der Waals surface area contributed by atoms with Gasteiger partial charge in [0.25, 0.3) is 0 Å². The summed E-state index contributed by atoms with van der Waals surface area (Å²) in [5.41, 5.74) is 7.76. The number of imidazole rings is 1. The lowest BCUT2D eigenvalue weighted by Gasteiger charge is -2.24. The highest BCUT2D eigenvalue weighted by molar-refractivity contribution is 7.80. The van der Waals surface area contributed by atoms with Crippen molar-refractivity contribution < 1.29 is 34.2 Å². The monoisotopic (exact) mass is 559 g/mol. The SMILES string of the molecule is NC(CS)C(=O)NC(Cc1c[nH]c2ccccc12)C(=O)NC(Cc1cnc[nH]1)C(=O)NC(CC(=O)O)C(=O)O. The summed E-state index contributed by atoms with van der Waals surface area (Å²) in [5, 5.41) is 26.5. The van der Waals surface area contributed by atoms with Crippen LogP contribution in [0.3, 0.4) is 0 Å². The number of aliphatic carboxylic acids is 2. The summed E-state index contributed by atoms with van der Waals surface area (Å²) in [4.78, 5) is 71.4. The zero-order chi connectivity index (χ0) is 28.5. The first kappa shape index (κ1) is 29.2. The number of para-hydroxylation sites is 1. The molecule has 0 spiro atoms. The molecule has 15 heteroatoms. The molecule has 14 nitrogen and oxygen atoms in total. The quantitative estimate of drug-likeness (QED) is 0.109. The fourth-order valence-corrected chi connectivity index (χ4v) is 4.00. The lowest BCUT2D eigenvalue weighted by molar-refractivity contribution is -0.147. The molecule has 0 aliphatic carbocycles. The van der Waals surface area contributed by atoms with Gasteiger partial charge in [-0.25, -0.2) is 9.78 Å². The van der Waals surface area contributed by atoms with Crippen LogP contribution in [0.2, 0.25) is 0 Å². The van der Waals surface area contributed by atoms with Crippen molar-refractivity contribution in [2.24, 2.45) is 5.73 Å². The van der Waals surface area contributed by atoms with E-state index >= 15 is 0 Å². The third kappa shape index (κ3) is 8.05. The summed E-state index contributed by atoms with van der Waals surface area (Å²) in [6.45, 7) is 0. The van der Waals surface area contributed by atoms with E-state index in [1.807, 2.05) is 24.3 Å². The fourth-order valence-electron chi connectivity index (χ4n) is 3.84. The number of carboxylic acids is 2. The van der Waals surface area contributed by atoms with Gasteiger partial charge < -0.3 is 41.9 Å². The first-order valence-corrected chi connectivity index (χ1v) is 12.5. The van der Waals surface area contributed by atoms with Crippen molar-refractivity contribution in [3.05, 3.63) is 54.2 Å². The van der Waals surface area contributed by atoms with Crippen molar-refractivity contribution in [2.45, 2.75) is 43.4 Å². The van der Waals surface area contributed by atoms with Gasteiger partial charge in [-0.2, -0.15) is 12.6 Å². The number of aromatic amines is 2. The van der Waals surface area contributed by atoms with Gasteiger partial charge in [0, 0.05) is 47.6 Å². The van der Waals surface area contributed by atoms with Crippen molar-refractivity contribution in [3.63, 3.8) is 0 Å². The number of carboxylic acid groups (broad SMARTS) is 2. The molecule has 2 aromatic heterocycles. The van der Waals surface area contributed by atoms with E-state index in [9.17, 15) is 29.1 Å². The minimum absolute atomic E-state index is 0.0261. The van der Waals surface area contributed by atoms with E-state index in [2.05, 4.69) is 43.5 Å². The Balaban J connectivity index is 1.86. The van der Waals surface area contributed by atoms with Crippen LogP contribution in [0.25, 0.3) is 10.9 Å². The zero-order valence-electron chi connectivity index (χ0n) is 20.6. The molecule has 3 rings (SSSR count). The Hall–Kier alpha value is -4.37. The van der Waals surface area contributed by atoms with E-state index in [-0.39, 0.29) is 18.6 Å². The zero-order valence-corrected chi connectivity index (χ0v) is 21.5. The largest absolute Gasteiger partial charge is 0.481 e. The van der Waals surface area contributed by atoms with Crippen LogP contribution in [0.4, 0.5) is 0 Å². The first-order valence-electron chi connectivity index (χ1n) is 11.8. The van der Waals surface area contributed by atoms with E-state index in [0.717, 1.165) is 10.9 Å². The van der Waals surface area contributed by atoms with Crippen LogP contribution in [0.1, 0.15) is 17.7 Å². The number of aromatic nitrogens is 3. The summed E-state index contributed by atoms with van der Waals surface area (Å²) in [6.07, 6.45) is 3.52. The van der Waals surface area contributed by atoms with Crippen molar-refractivity contribution in [1.82, 2.24) is 30.9 Å². The number of hydrogen-bond donors (Lipinski definition) is 9. The van der Waals surface area contributed by atoms with E-state index in [0.29, 0.717) is 11.3 Å². The molecule has 2 heterocycles. The molecule has 0 saturated carbocycles. The van der Waals surface area contributed by atoms with Gasteiger partial charge in [-0.3, -0.25) is 19.2 Å². The average molecular weight is 560 g/mol. The number of carbonyl (C=O) groups excluding carboxylic acids is 3. The van der Waals surface area contributed by atoms with Gasteiger partial charge in [0.2, 0.25) is 17.7 Å². The molecule has 3 amide bonds. The smallest absolute Gasteiger partial charge is 0.326 e. The minimum Gasteiger partial charge on any atom is -0.481 e. The van der Waals surface area contributed by atoms with Gasteiger partial charge in [-0.1, -0.05) is 18.2 Å². The summed E-state index contributed by atoms with van der Waals surface area (Å²) >= 11 is 4.03. The van der Waals surface area contributed by atoms with Gasteiger partial charge >= 0.3 is 11.9 Å². The highest BCUT2D eigenvalue weighted by atomic mass is 32.1. The molecule has 0 bridgehead atoms. The lowest BCUT2D eigenvalue weighted by Crippen LogP contribution is -2.58. The molecule has 39 heavy (non-hydrogen) atoms. The Labute approximate surface area is 227 Å². The second kappa shape index (κ2) is 13.4. The van der Waals surface area contributed by atoms with Crippen molar-refractivity contribution in [1.29, 1.82) is 0 Å². The normalized spacial score (nSPS) is 14.1. The number of rotatable bonds is 14. The standard InChI is InChI=1S/C24H29N7O7S/c25-15(10-39)21(34)29-17(5-12-8-27-16-4-2-1-3-14(12)16)22(35)30-18(6-13-9-26-11-28-13)23(36)31-19(24(37)38)7-20(32)33/h1-4,8-9,11,15,17-19,27,39H,5-7,10,25H2,(H,26,28)(H,29,34)(H,30,35)(H,31,36)(H,32,33)(H,37,38). The van der Waals surface area contributed by atoms with Gasteiger partial charge in [0.15, 0.2) is 0 Å². The Morgan fingerprint density at radius 3 is 2.18 bits per heavy atom. The van der Waals surface area contributed by atoms with E-state index < -0.39 is 60.2 Å². The molecule has 0 fully saturated rings. The molecule has 0 saturated heterocycles. The number of nitrogens with one attached hydrogen (secondary N) is 5. The van der Waals surface area contributed by atoms with E-state index in [1.165, 1.54) is 12.5 Å². The van der Waals surface area contributed by atoms with E-state index in [1.54, 1.807) is 6.20 Å².